The van der Waals surface area contributed by atoms with Gasteiger partial charge in [0.15, 0.2) is 0 Å². The van der Waals surface area contributed by atoms with E-state index in [1.54, 1.807) is 0 Å². The Balaban J connectivity index is 2.96. The molecule has 0 atom stereocenters. The molecule has 2 rings (SSSR count). The zero-order chi connectivity index (χ0) is 8.72. The second kappa shape index (κ2) is 2.61. The van der Waals surface area contributed by atoms with Crippen molar-refractivity contribution in [1.29, 1.82) is 0 Å². The Labute approximate surface area is 78.2 Å². The average Bonchev–Trinajstić information content (AvgIpc) is 2.28. The summed E-state index contributed by atoms with van der Waals surface area (Å²) in [5.74, 6) is 0. The second-order valence-corrected chi connectivity index (χ2v) is 3.63. The van der Waals surface area contributed by atoms with Crippen molar-refractivity contribution in [2.45, 2.75) is 6.92 Å². The van der Waals surface area contributed by atoms with Gasteiger partial charge in [-0.25, -0.2) is 0 Å². The summed E-state index contributed by atoms with van der Waals surface area (Å²) in [6.45, 7) is 2.06. The van der Waals surface area contributed by atoms with Crippen LogP contribution in [-0.4, -0.2) is 20.1 Å². The topological polar surface area (TPSA) is 18.1 Å². The van der Waals surface area contributed by atoms with Crippen LogP contribution in [0.4, 0.5) is 0 Å². The molecule has 0 bridgehead atoms. The van der Waals surface area contributed by atoms with E-state index in [0.717, 1.165) is 15.5 Å². The molecule has 3 heteroatoms. The fraction of sp³-hybridized carbons (Fsp3) is 0.222. The van der Waals surface area contributed by atoms with E-state index < -0.39 is 0 Å². The van der Waals surface area contributed by atoms with Gasteiger partial charge in [0.05, 0.1) is 0 Å². The van der Waals surface area contributed by atoms with E-state index in [-0.39, 0.29) is 0 Å². The third kappa shape index (κ3) is 1.06. The van der Waals surface area contributed by atoms with Gasteiger partial charge in [-0.1, -0.05) is 0 Å². The number of aryl methyl sites for hydroxylation is 2. The van der Waals surface area contributed by atoms with Crippen molar-refractivity contribution < 1.29 is 4.42 Å². The van der Waals surface area contributed by atoms with Gasteiger partial charge in [-0.2, -0.15) is 0 Å². The molecule has 0 saturated heterocycles. The van der Waals surface area contributed by atoms with Gasteiger partial charge in [-0.3, -0.25) is 0 Å². The van der Waals surface area contributed by atoms with Crippen molar-refractivity contribution in [2.75, 3.05) is 0 Å². The molecule has 2 aromatic rings. The minimum absolute atomic E-state index is 0.815. The Kier molecular flexibility index (Phi) is 1.71. The number of nitrogens with zero attached hydrogens (tertiary/aromatic N) is 1. The Hall–Kier alpha value is -0.791. The van der Waals surface area contributed by atoms with Crippen LogP contribution < -0.4 is 0 Å². The SMILES string of the molecule is Cc1ccc2c(c1)oc(=[Se])n2C. The van der Waals surface area contributed by atoms with Crippen molar-refractivity contribution in [3.8, 4) is 0 Å². The molecule has 1 aromatic carbocycles. The van der Waals surface area contributed by atoms with Gasteiger partial charge in [0.25, 0.3) is 0 Å². The summed E-state index contributed by atoms with van der Waals surface area (Å²) in [4.78, 5) is 0. The molecule has 0 amide bonds. The molecule has 0 spiro atoms. The molecule has 1 aromatic heterocycles. The molecule has 0 fully saturated rings. The third-order valence-corrected chi connectivity index (χ3v) is 2.70. The van der Waals surface area contributed by atoms with Crippen molar-refractivity contribution >= 4 is 26.7 Å². The molecule has 0 unspecified atom stereocenters. The molecule has 62 valence electrons. The zero-order valence-electron chi connectivity index (χ0n) is 7.00. The first-order valence-electron chi connectivity index (χ1n) is 3.74. The number of benzene rings is 1. The predicted molar refractivity (Wildman–Crippen MR) is 48.9 cm³/mol. The van der Waals surface area contributed by atoms with Crippen LogP contribution in [0.15, 0.2) is 22.6 Å². The van der Waals surface area contributed by atoms with Gasteiger partial charge in [0.1, 0.15) is 0 Å². The Morgan fingerprint density at radius 1 is 1.42 bits per heavy atom. The summed E-state index contributed by atoms with van der Waals surface area (Å²) in [6.07, 6.45) is 0. The van der Waals surface area contributed by atoms with Gasteiger partial charge in [-0.15, -0.1) is 0 Å². The van der Waals surface area contributed by atoms with Crippen molar-refractivity contribution in [2.24, 2.45) is 7.05 Å². The summed E-state index contributed by atoms with van der Waals surface area (Å²) in [6, 6.07) is 6.18. The van der Waals surface area contributed by atoms with Crippen LogP contribution in [0.5, 0.6) is 0 Å². The van der Waals surface area contributed by atoms with E-state index in [0.29, 0.717) is 0 Å². The Morgan fingerprint density at radius 3 is 2.92 bits per heavy atom. The van der Waals surface area contributed by atoms with Crippen LogP contribution in [0, 0.1) is 11.3 Å². The molecular formula is C9H9NOSe. The average molecular weight is 226 g/mol. The molecule has 0 saturated carbocycles. The Bertz CT molecular complexity index is 481. The second-order valence-electron chi connectivity index (χ2n) is 2.90. The number of rotatable bonds is 0. The Morgan fingerprint density at radius 2 is 2.17 bits per heavy atom. The van der Waals surface area contributed by atoms with E-state index in [9.17, 15) is 0 Å². The fourth-order valence-electron chi connectivity index (χ4n) is 1.24. The monoisotopic (exact) mass is 227 g/mol. The molecule has 1 heterocycles. The van der Waals surface area contributed by atoms with Gasteiger partial charge < -0.3 is 0 Å². The number of aromatic nitrogens is 1. The van der Waals surface area contributed by atoms with Crippen molar-refractivity contribution in [1.82, 2.24) is 4.57 Å². The molecule has 0 N–H and O–H groups in total. The summed E-state index contributed by atoms with van der Waals surface area (Å²) in [7, 11) is 1.98. The molecule has 2 nitrogen and oxygen atoms in total. The fourth-order valence-corrected chi connectivity index (χ4v) is 1.64. The van der Waals surface area contributed by atoms with Gasteiger partial charge in [-0.05, 0) is 0 Å². The van der Waals surface area contributed by atoms with E-state index >= 15 is 0 Å². The van der Waals surface area contributed by atoms with E-state index in [4.69, 9.17) is 4.42 Å². The molecular weight excluding hydrogens is 217 g/mol. The first-order chi connectivity index (χ1) is 5.68. The molecule has 0 aliphatic rings. The van der Waals surface area contributed by atoms with Crippen molar-refractivity contribution in [3.63, 3.8) is 0 Å². The normalized spacial score (nSPS) is 10.8. The quantitative estimate of drug-likeness (QED) is 0.626. The van der Waals surface area contributed by atoms with Crippen LogP contribution in [0.3, 0.4) is 0 Å². The van der Waals surface area contributed by atoms with Gasteiger partial charge >= 0.3 is 77.8 Å². The molecule has 12 heavy (non-hydrogen) atoms. The zero-order valence-corrected chi connectivity index (χ0v) is 8.71. The minimum atomic E-state index is 0.815. The van der Waals surface area contributed by atoms with Crippen LogP contribution in [-0.2, 0) is 7.05 Å². The summed E-state index contributed by atoms with van der Waals surface area (Å²) >= 11 is 2.88. The van der Waals surface area contributed by atoms with Crippen LogP contribution in [0.25, 0.3) is 11.1 Å². The van der Waals surface area contributed by atoms with Gasteiger partial charge in [0, 0.05) is 0 Å². The van der Waals surface area contributed by atoms with Gasteiger partial charge in [0.2, 0.25) is 0 Å². The number of fused-ring (bicyclic) bond motifs is 1. The van der Waals surface area contributed by atoms with Crippen LogP contribution >= 0.6 is 0 Å². The molecule has 0 aliphatic carbocycles. The van der Waals surface area contributed by atoms with E-state index in [2.05, 4.69) is 34.6 Å². The van der Waals surface area contributed by atoms with E-state index in [1.807, 2.05) is 17.7 Å². The summed E-state index contributed by atoms with van der Waals surface area (Å²) < 4.78 is 8.30. The standard InChI is InChI=1S/C9H9NOSe/c1-6-3-4-7-8(5-6)11-9(12)10(7)2/h3-5H,1-2H3. The van der Waals surface area contributed by atoms with Crippen LogP contribution in [0.1, 0.15) is 5.56 Å². The first kappa shape index (κ1) is 7.84. The first-order valence-corrected chi connectivity index (χ1v) is 4.60. The van der Waals surface area contributed by atoms with Crippen LogP contribution in [0.2, 0.25) is 0 Å². The molecule has 0 aliphatic heterocycles. The van der Waals surface area contributed by atoms with Crippen molar-refractivity contribution in [3.05, 3.63) is 28.2 Å². The van der Waals surface area contributed by atoms with E-state index in [1.165, 1.54) is 5.56 Å². The molecule has 0 radical (unpaired) electrons. The summed E-state index contributed by atoms with van der Waals surface area (Å²) in [5, 5.41) is 0. The number of hydrogen-bond acceptors (Lipinski definition) is 1. The maximum absolute atomic E-state index is 5.49. The summed E-state index contributed by atoms with van der Waals surface area (Å²) in [5.41, 5.74) is 3.28. The third-order valence-electron chi connectivity index (χ3n) is 1.95. The maximum atomic E-state index is 5.49. The number of oxazole rings is 1. The number of hydrogen-bond donors (Lipinski definition) is 0. The predicted octanol–water partition coefficient (Wildman–Crippen LogP) is 1.78.